The van der Waals surface area contributed by atoms with Gasteiger partial charge in [0.25, 0.3) is 0 Å². The van der Waals surface area contributed by atoms with Crippen molar-refractivity contribution in [1.82, 2.24) is 4.57 Å². The zero-order valence-corrected chi connectivity index (χ0v) is 23.9. The minimum atomic E-state index is 0.920. The molecule has 2 heteroatoms. The fourth-order valence-electron chi connectivity index (χ4n) is 6.74. The zero-order valence-electron chi connectivity index (χ0n) is 23.9. The van der Waals surface area contributed by atoms with Gasteiger partial charge in [0.15, 0.2) is 0 Å². The molecule has 0 bridgehead atoms. The van der Waals surface area contributed by atoms with Crippen molar-refractivity contribution in [2.75, 3.05) is 0 Å². The van der Waals surface area contributed by atoms with Crippen LogP contribution in [0.4, 0.5) is 0 Å². The van der Waals surface area contributed by atoms with E-state index < -0.39 is 0 Å². The van der Waals surface area contributed by atoms with Crippen molar-refractivity contribution in [2.24, 2.45) is 0 Å². The standard InChI is InChI=1S/C42H27NO/c1-3-11-28(12-4-1)31-25-32(29-13-5-2-6-14-29)27-33(26-31)30-19-21-34(22-20-30)43-37-17-9-7-15-35(37)41-38(43)23-24-40-42(41)36-16-8-10-18-39(36)44-40/h1-27H. The molecular weight excluding hydrogens is 534 g/mol. The monoisotopic (exact) mass is 561 g/mol. The van der Waals surface area contributed by atoms with Crippen LogP contribution in [0.5, 0.6) is 0 Å². The predicted octanol–water partition coefficient (Wildman–Crippen LogP) is 11.7. The summed E-state index contributed by atoms with van der Waals surface area (Å²) in [6, 6.07) is 58.5. The topological polar surface area (TPSA) is 18.1 Å². The van der Waals surface area contributed by atoms with E-state index in [2.05, 4.69) is 162 Å². The maximum atomic E-state index is 6.26. The quantitative estimate of drug-likeness (QED) is 0.209. The third-order valence-electron chi connectivity index (χ3n) is 8.78. The van der Waals surface area contributed by atoms with Gasteiger partial charge in [-0.3, -0.25) is 0 Å². The maximum Gasteiger partial charge on any atom is 0.136 e. The van der Waals surface area contributed by atoms with Crippen molar-refractivity contribution in [3.63, 3.8) is 0 Å². The van der Waals surface area contributed by atoms with Gasteiger partial charge >= 0.3 is 0 Å². The molecule has 9 rings (SSSR count). The van der Waals surface area contributed by atoms with Gasteiger partial charge in [0.05, 0.1) is 11.0 Å². The Morgan fingerprint density at radius 3 is 1.55 bits per heavy atom. The molecule has 0 fully saturated rings. The zero-order chi connectivity index (χ0) is 29.0. The van der Waals surface area contributed by atoms with E-state index in [0.717, 1.165) is 22.2 Å². The van der Waals surface area contributed by atoms with Gasteiger partial charge in [0.1, 0.15) is 11.2 Å². The predicted molar refractivity (Wildman–Crippen MR) is 184 cm³/mol. The third-order valence-corrected chi connectivity index (χ3v) is 8.78. The molecule has 0 saturated carbocycles. The van der Waals surface area contributed by atoms with Crippen LogP contribution in [0.25, 0.3) is 82.8 Å². The molecule has 206 valence electrons. The number of nitrogens with zero attached hydrogens (tertiary/aromatic N) is 1. The Balaban J connectivity index is 1.22. The van der Waals surface area contributed by atoms with Crippen LogP contribution in [0.2, 0.25) is 0 Å². The van der Waals surface area contributed by atoms with E-state index in [1.807, 2.05) is 6.07 Å². The first-order valence-corrected chi connectivity index (χ1v) is 15.0. The fraction of sp³-hybridized carbons (Fsp3) is 0. The second-order valence-electron chi connectivity index (χ2n) is 11.4. The van der Waals surface area contributed by atoms with Crippen molar-refractivity contribution in [2.45, 2.75) is 0 Å². The second-order valence-corrected chi connectivity index (χ2v) is 11.4. The number of hydrogen-bond acceptors (Lipinski definition) is 1. The highest BCUT2D eigenvalue weighted by Gasteiger charge is 2.18. The molecule has 2 nitrogen and oxygen atoms in total. The molecule has 0 unspecified atom stereocenters. The third kappa shape index (κ3) is 3.89. The van der Waals surface area contributed by atoms with Gasteiger partial charge in [-0.05, 0) is 88.0 Å². The summed E-state index contributed by atoms with van der Waals surface area (Å²) in [6.07, 6.45) is 0. The Morgan fingerprint density at radius 1 is 0.341 bits per heavy atom. The first kappa shape index (κ1) is 24.7. The Labute approximate surface area is 255 Å². The highest BCUT2D eigenvalue weighted by atomic mass is 16.3. The average Bonchev–Trinajstić information content (AvgIpc) is 3.64. The summed E-state index contributed by atoms with van der Waals surface area (Å²) in [6.45, 7) is 0. The lowest BCUT2D eigenvalue weighted by molar-refractivity contribution is 0.669. The Bertz CT molecular complexity index is 2410. The number of aromatic nitrogens is 1. The van der Waals surface area contributed by atoms with Crippen molar-refractivity contribution >= 4 is 43.7 Å². The number of furan rings is 1. The minimum absolute atomic E-state index is 0.920. The molecule has 0 amide bonds. The van der Waals surface area contributed by atoms with Gasteiger partial charge in [-0.2, -0.15) is 0 Å². The van der Waals surface area contributed by atoms with Crippen LogP contribution in [-0.4, -0.2) is 4.57 Å². The SMILES string of the molecule is c1ccc(-c2cc(-c3ccccc3)cc(-c3ccc(-n4c5ccccc5c5c6c(ccc54)oc4ccccc46)cc3)c2)cc1. The van der Waals surface area contributed by atoms with Crippen LogP contribution in [0.1, 0.15) is 0 Å². The highest BCUT2D eigenvalue weighted by molar-refractivity contribution is 6.27. The number of rotatable bonds is 4. The summed E-state index contributed by atoms with van der Waals surface area (Å²) in [4.78, 5) is 0. The molecule has 2 aromatic heterocycles. The number of fused-ring (bicyclic) bond motifs is 7. The summed E-state index contributed by atoms with van der Waals surface area (Å²) >= 11 is 0. The average molecular weight is 562 g/mol. The van der Waals surface area contributed by atoms with Gasteiger partial charge in [0.2, 0.25) is 0 Å². The largest absolute Gasteiger partial charge is 0.456 e. The van der Waals surface area contributed by atoms with Gasteiger partial charge in [-0.1, -0.05) is 109 Å². The fourth-order valence-corrected chi connectivity index (χ4v) is 6.74. The lowest BCUT2D eigenvalue weighted by Gasteiger charge is -2.13. The van der Waals surface area contributed by atoms with E-state index in [9.17, 15) is 0 Å². The highest BCUT2D eigenvalue weighted by Crippen LogP contribution is 2.41. The van der Waals surface area contributed by atoms with Crippen LogP contribution in [0, 0.1) is 0 Å². The molecule has 7 aromatic carbocycles. The Kier molecular flexibility index (Phi) is 5.54. The first-order chi connectivity index (χ1) is 21.8. The van der Waals surface area contributed by atoms with Crippen LogP contribution in [0.3, 0.4) is 0 Å². The summed E-state index contributed by atoms with van der Waals surface area (Å²) < 4.78 is 8.64. The molecule has 0 radical (unpaired) electrons. The van der Waals surface area contributed by atoms with E-state index >= 15 is 0 Å². The maximum absolute atomic E-state index is 6.26. The van der Waals surface area contributed by atoms with E-state index in [1.165, 1.54) is 60.6 Å². The molecule has 9 aromatic rings. The molecule has 0 aliphatic heterocycles. The first-order valence-electron chi connectivity index (χ1n) is 15.0. The molecule has 0 saturated heterocycles. The summed E-state index contributed by atoms with van der Waals surface area (Å²) in [7, 11) is 0. The molecule has 0 aliphatic carbocycles. The molecule has 0 spiro atoms. The van der Waals surface area contributed by atoms with Gasteiger partial charge in [-0.15, -0.1) is 0 Å². The number of hydrogen-bond donors (Lipinski definition) is 0. The summed E-state index contributed by atoms with van der Waals surface area (Å²) in [5.74, 6) is 0. The molecule has 0 atom stereocenters. The van der Waals surface area contributed by atoms with Crippen molar-refractivity contribution in [3.05, 3.63) is 164 Å². The van der Waals surface area contributed by atoms with E-state index in [4.69, 9.17) is 4.42 Å². The van der Waals surface area contributed by atoms with E-state index in [0.29, 0.717) is 0 Å². The second kappa shape index (κ2) is 9.86. The summed E-state index contributed by atoms with van der Waals surface area (Å²) in [5.41, 5.74) is 12.6. The number of benzene rings is 7. The van der Waals surface area contributed by atoms with Gasteiger partial charge in [-0.25, -0.2) is 0 Å². The molecule has 0 aliphatic rings. The Hall–Kier alpha value is -5.86. The Morgan fingerprint density at radius 2 is 0.886 bits per heavy atom. The molecule has 44 heavy (non-hydrogen) atoms. The normalized spacial score (nSPS) is 11.6. The molecule has 0 N–H and O–H groups in total. The van der Waals surface area contributed by atoms with Gasteiger partial charge < -0.3 is 8.98 Å². The number of para-hydroxylation sites is 2. The van der Waals surface area contributed by atoms with E-state index in [1.54, 1.807) is 0 Å². The van der Waals surface area contributed by atoms with Crippen LogP contribution in [0.15, 0.2) is 168 Å². The van der Waals surface area contributed by atoms with Crippen molar-refractivity contribution < 1.29 is 4.42 Å². The lowest BCUT2D eigenvalue weighted by atomic mass is 9.93. The van der Waals surface area contributed by atoms with E-state index in [-0.39, 0.29) is 0 Å². The minimum Gasteiger partial charge on any atom is -0.456 e. The van der Waals surface area contributed by atoms with Crippen molar-refractivity contribution in [1.29, 1.82) is 0 Å². The van der Waals surface area contributed by atoms with Gasteiger partial charge in [0, 0.05) is 27.2 Å². The van der Waals surface area contributed by atoms with Crippen LogP contribution < -0.4 is 0 Å². The van der Waals surface area contributed by atoms with Crippen LogP contribution in [-0.2, 0) is 0 Å². The molecular formula is C42H27NO. The summed E-state index contributed by atoms with van der Waals surface area (Å²) in [5, 5.41) is 4.79. The molecule has 2 heterocycles. The smallest absolute Gasteiger partial charge is 0.136 e. The van der Waals surface area contributed by atoms with Crippen molar-refractivity contribution in [3.8, 4) is 39.1 Å². The van der Waals surface area contributed by atoms with Crippen LogP contribution >= 0.6 is 0 Å². The lowest BCUT2D eigenvalue weighted by Crippen LogP contribution is -1.94.